The molecule has 0 saturated carbocycles. The van der Waals surface area contributed by atoms with Gasteiger partial charge in [0.2, 0.25) is 0 Å². The Morgan fingerprint density at radius 3 is 2.10 bits per heavy atom. The van der Waals surface area contributed by atoms with Gasteiger partial charge in [-0.15, -0.1) is 0 Å². The fourth-order valence-electron chi connectivity index (χ4n) is 2.10. The van der Waals surface area contributed by atoms with Crippen molar-refractivity contribution in [2.24, 2.45) is 0 Å². The molecule has 1 rings (SSSR count). The molecular formula is C17H27NO2. The highest BCUT2D eigenvalue weighted by atomic mass is 16.5. The van der Waals surface area contributed by atoms with Crippen molar-refractivity contribution in [1.29, 1.82) is 0 Å². The molecule has 0 aliphatic carbocycles. The number of esters is 1. The molecule has 0 saturated heterocycles. The molecule has 112 valence electrons. The maximum atomic E-state index is 11.7. The highest BCUT2D eigenvalue weighted by molar-refractivity contribution is 5.89. The van der Waals surface area contributed by atoms with E-state index in [2.05, 4.69) is 6.92 Å². The first kappa shape index (κ1) is 16.5. The lowest BCUT2D eigenvalue weighted by Gasteiger charge is -2.05. The number of nitrogens with two attached hydrogens (primary N) is 1. The highest BCUT2D eigenvalue weighted by Crippen LogP contribution is 2.10. The molecule has 3 heteroatoms. The minimum Gasteiger partial charge on any atom is -0.462 e. The van der Waals surface area contributed by atoms with Crippen LogP contribution >= 0.6 is 0 Å². The molecule has 1 aromatic rings. The van der Waals surface area contributed by atoms with Gasteiger partial charge < -0.3 is 10.5 Å². The molecule has 0 aromatic heterocycles. The Kier molecular flexibility index (Phi) is 8.52. The van der Waals surface area contributed by atoms with Gasteiger partial charge in [-0.25, -0.2) is 4.79 Å². The van der Waals surface area contributed by atoms with E-state index >= 15 is 0 Å². The van der Waals surface area contributed by atoms with E-state index in [-0.39, 0.29) is 5.97 Å². The quantitative estimate of drug-likeness (QED) is 0.387. The molecule has 0 bridgehead atoms. The van der Waals surface area contributed by atoms with Crippen molar-refractivity contribution in [3.63, 3.8) is 0 Å². The van der Waals surface area contributed by atoms with Crippen LogP contribution in [0.2, 0.25) is 0 Å². The molecule has 0 atom stereocenters. The topological polar surface area (TPSA) is 52.3 Å². The van der Waals surface area contributed by atoms with Gasteiger partial charge in [-0.2, -0.15) is 0 Å². The van der Waals surface area contributed by atoms with Crippen LogP contribution in [0.25, 0.3) is 0 Å². The summed E-state index contributed by atoms with van der Waals surface area (Å²) < 4.78 is 5.23. The first-order valence-corrected chi connectivity index (χ1v) is 7.76. The number of benzene rings is 1. The Morgan fingerprint density at radius 2 is 1.50 bits per heavy atom. The summed E-state index contributed by atoms with van der Waals surface area (Å²) in [5.74, 6) is -0.257. The minimum atomic E-state index is -0.257. The highest BCUT2D eigenvalue weighted by Gasteiger charge is 2.05. The molecule has 3 nitrogen and oxygen atoms in total. The van der Waals surface area contributed by atoms with Gasteiger partial charge in [0.25, 0.3) is 0 Å². The van der Waals surface area contributed by atoms with E-state index in [0.717, 1.165) is 12.8 Å². The Morgan fingerprint density at radius 1 is 0.950 bits per heavy atom. The number of hydrogen-bond donors (Lipinski definition) is 1. The molecule has 0 unspecified atom stereocenters. The van der Waals surface area contributed by atoms with Crippen molar-refractivity contribution in [3.05, 3.63) is 29.8 Å². The van der Waals surface area contributed by atoms with Gasteiger partial charge >= 0.3 is 5.97 Å². The van der Waals surface area contributed by atoms with Crippen LogP contribution in [-0.4, -0.2) is 12.6 Å². The second-order valence-electron chi connectivity index (χ2n) is 5.23. The van der Waals surface area contributed by atoms with Crippen LogP contribution < -0.4 is 5.73 Å². The molecule has 20 heavy (non-hydrogen) atoms. The van der Waals surface area contributed by atoms with Crippen LogP contribution in [0.4, 0.5) is 5.69 Å². The summed E-state index contributed by atoms with van der Waals surface area (Å²) in [4.78, 5) is 11.7. The Bertz CT molecular complexity index is 373. The maximum absolute atomic E-state index is 11.7. The lowest BCUT2D eigenvalue weighted by Crippen LogP contribution is -2.06. The van der Waals surface area contributed by atoms with Gasteiger partial charge in [0, 0.05) is 5.69 Å². The SMILES string of the molecule is CCCCCCCCCCOC(=O)c1ccc(N)cc1. The molecular weight excluding hydrogens is 250 g/mol. The van der Waals surface area contributed by atoms with Crippen molar-refractivity contribution in [3.8, 4) is 0 Å². The summed E-state index contributed by atoms with van der Waals surface area (Å²) in [6.45, 7) is 2.74. The Labute approximate surface area is 122 Å². The Hall–Kier alpha value is -1.51. The van der Waals surface area contributed by atoms with Gasteiger partial charge in [-0.3, -0.25) is 0 Å². The van der Waals surface area contributed by atoms with E-state index in [9.17, 15) is 4.79 Å². The number of unbranched alkanes of at least 4 members (excludes halogenated alkanes) is 7. The summed E-state index contributed by atoms with van der Waals surface area (Å²) in [7, 11) is 0. The zero-order valence-electron chi connectivity index (χ0n) is 12.6. The van der Waals surface area contributed by atoms with Crippen LogP contribution in [0, 0.1) is 0 Å². The van der Waals surface area contributed by atoms with Crippen LogP contribution in [0.3, 0.4) is 0 Å². The maximum Gasteiger partial charge on any atom is 0.338 e. The Balaban J connectivity index is 2.01. The molecule has 0 aliphatic rings. The first-order valence-electron chi connectivity index (χ1n) is 7.76. The third-order valence-corrected chi connectivity index (χ3v) is 3.38. The fourth-order valence-corrected chi connectivity index (χ4v) is 2.10. The summed E-state index contributed by atoms with van der Waals surface area (Å²) in [5.41, 5.74) is 6.80. The third kappa shape index (κ3) is 7.17. The molecule has 0 spiro atoms. The predicted molar refractivity (Wildman–Crippen MR) is 83.7 cm³/mol. The lowest BCUT2D eigenvalue weighted by atomic mass is 10.1. The summed E-state index contributed by atoms with van der Waals surface area (Å²) >= 11 is 0. The second-order valence-corrected chi connectivity index (χ2v) is 5.23. The number of carbonyl (C=O) groups is 1. The van der Waals surface area contributed by atoms with Gasteiger partial charge in [-0.05, 0) is 30.7 Å². The van der Waals surface area contributed by atoms with E-state index in [1.165, 1.54) is 38.5 Å². The van der Waals surface area contributed by atoms with Crippen molar-refractivity contribution >= 4 is 11.7 Å². The molecule has 0 amide bonds. The largest absolute Gasteiger partial charge is 0.462 e. The zero-order chi connectivity index (χ0) is 14.6. The van der Waals surface area contributed by atoms with Crippen LogP contribution in [0.1, 0.15) is 68.6 Å². The van der Waals surface area contributed by atoms with Crippen molar-refractivity contribution in [2.45, 2.75) is 58.3 Å². The normalized spacial score (nSPS) is 10.4. The van der Waals surface area contributed by atoms with Crippen molar-refractivity contribution in [2.75, 3.05) is 12.3 Å². The fraction of sp³-hybridized carbons (Fsp3) is 0.588. The van der Waals surface area contributed by atoms with Crippen LogP contribution in [0.15, 0.2) is 24.3 Å². The molecule has 0 radical (unpaired) electrons. The van der Waals surface area contributed by atoms with Gasteiger partial charge in [0.15, 0.2) is 0 Å². The number of hydrogen-bond acceptors (Lipinski definition) is 3. The van der Waals surface area contributed by atoms with Crippen molar-refractivity contribution in [1.82, 2.24) is 0 Å². The second kappa shape index (κ2) is 10.3. The minimum absolute atomic E-state index is 0.257. The van der Waals surface area contributed by atoms with E-state index in [0.29, 0.717) is 17.9 Å². The summed E-state index contributed by atoms with van der Waals surface area (Å²) in [6.07, 6.45) is 9.95. The zero-order valence-corrected chi connectivity index (χ0v) is 12.6. The van der Waals surface area contributed by atoms with E-state index in [4.69, 9.17) is 10.5 Å². The monoisotopic (exact) mass is 277 g/mol. The van der Waals surface area contributed by atoms with Gasteiger partial charge in [0.05, 0.1) is 12.2 Å². The van der Waals surface area contributed by atoms with Crippen LogP contribution in [0.5, 0.6) is 0 Å². The van der Waals surface area contributed by atoms with Gasteiger partial charge in [-0.1, -0.05) is 51.9 Å². The average molecular weight is 277 g/mol. The van der Waals surface area contributed by atoms with E-state index < -0.39 is 0 Å². The number of nitrogen functional groups attached to an aromatic ring is 1. The third-order valence-electron chi connectivity index (χ3n) is 3.38. The average Bonchev–Trinajstić information content (AvgIpc) is 2.46. The molecule has 2 N–H and O–H groups in total. The molecule has 1 aromatic carbocycles. The predicted octanol–water partition coefficient (Wildman–Crippen LogP) is 4.57. The van der Waals surface area contributed by atoms with Gasteiger partial charge in [0.1, 0.15) is 0 Å². The number of rotatable bonds is 10. The van der Waals surface area contributed by atoms with Crippen molar-refractivity contribution < 1.29 is 9.53 Å². The molecule has 0 fully saturated rings. The van der Waals surface area contributed by atoms with E-state index in [1.807, 2.05) is 0 Å². The van der Waals surface area contributed by atoms with Crippen LogP contribution in [-0.2, 0) is 4.74 Å². The standard InChI is InChI=1S/C17H27NO2/c1-2-3-4-5-6-7-8-9-14-20-17(19)15-10-12-16(18)13-11-15/h10-13H,2-9,14,18H2,1H3. The molecule has 0 heterocycles. The van der Waals surface area contributed by atoms with E-state index in [1.54, 1.807) is 24.3 Å². The smallest absolute Gasteiger partial charge is 0.338 e. The lowest BCUT2D eigenvalue weighted by molar-refractivity contribution is 0.0497. The molecule has 0 aliphatic heterocycles. The first-order chi connectivity index (χ1) is 9.74. The number of anilines is 1. The number of ether oxygens (including phenoxy) is 1. The summed E-state index contributed by atoms with van der Waals surface area (Å²) in [6, 6.07) is 6.83. The summed E-state index contributed by atoms with van der Waals surface area (Å²) in [5, 5.41) is 0. The number of carbonyl (C=O) groups excluding carboxylic acids is 1.